The number of rotatable bonds is 7. The highest BCUT2D eigenvalue weighted by atomic mass is 16.4. The highest BCUT2D eigenvalue weighted by Crippen LogP contribution is 2.41. The van der Waals surface area contributed by atoms with E-state index in [2.05, 4.69) is 15.2 Å². The van der Waals surface area contributed by atoms with E-state index in [1.54, 1.807) is 30.5 Å². The van der Waals surface area contributed by atoms with Crippen LogP contribution in [0.15, 0.2) is 46.6 Å². The zero-order valence-corrected chi connectivity index (χ0v) is 21.6. The van der Waals surface area contributed by atoms with E-state index in [0.717, 1.165) is 29.5 Å². The summed E-state index contributed by atoms with van der Waals surface area (Å²) in [5, 5.41) is 39.4. The summed E-state index contributed by atoms with van der Waals surface area (Å²) in [4.78, 5) is 17.4. The van der Waals surface area contributed by atoms with Gasteiger partial charge in [0.25, 0.3) is 0 Å². The Morgan fingerprint density at radius 2 is 1.81 bits per heavy atom. The Labute approximate surface area is 216 Å². The number of carbonyl (C=O) groups is 1. The number of phenolic OH excluding ortho intramolecular Hbond substituents is 1. The van der Waals surface area contributed by atoms with Crippen molar-refractivity contribution >= 4 is 17.5 Å². The van der Waals surface area contributed by atoms with Gasteiger partial charge in [0.15, 0.2) is 0 Å². The largest absolute Gasteiger partial charge is 0.505 e. The van der Waals surface area contributed by atoms with E-state index in [9.17, 15) is 15.0 Å². The van der Waals surface area contributed by atoms with Crippen molar-refractivity contribution in [1.29, 1.82) is 0 Å². The van der Waals surface area contributed by atoms with Crippen molar-refractivity contribution in [2.24, 2.45) is 16.0 Å². The van der Waals surface area contributed by atoms with Crippen molar-refractivity contribution in [2.45, 2.75) is 52.0 Å². The average Bonchev–Trinajstić information content (AvgIpc) is 3.17. The molecule has 1 fully saturated rings. The summed E-state index contributed by atoms with van der Waals surface area (Å²) in [6, 6.07) is 11.1. The first kappa shape index (κ1) is 26.3. The number of nitrogens with two attached hydrogens (primary N) is 1. The second-order valence-electron chi connectivity index (χ2n) is 10.3. The van der Waals surface area contributed by atoms with Gasteiger partial charge in [-0.2, -0.15) is 0 Å². The van der Waals surface area contributed by atoms with Crippen LogP contribution >= 0.6 is 0 Å². The molecule has 1 aliphatic heterocycles. The zero-order chi connectivity index (χ0) is 26.9. The molecule has 1 saturated heterocycles. The van der Waals surface area contributed by atoms with Crippen LogP contribution in [0, 0.1) is 13.8 Å². The van der Waals surface area contributed by atoms with Gasteiger partial charge in [-0.25, -0.2) is 4.98 Å². The fourth-order valence-electron chi connectivity index (χ4n) is 4.66. The predicted molar refractivity (Wildman–Crippen MR) is 140 cm³/mol. The van der Waals surface area contributed by atoms with Crippen LogP contribution in [-0.2, 0) is 10.3 Å². The molecule has 0 bridgehead atoms. The molecule has 196 valence electrons. The van der Waals surface area contributed by atoms with Gasteiger partial charge in [0.1, 0.15) is 17.3 Å². The van der Waals surface area contributed by atoms with Crippen molar-refractivity contribution in [3.63, 3.8) is 0 Å². The lowest BCUT2D eigenvalue weighted by atomic mass is 9.88. The van der Waals surface area contributed by atoms with E-state index in [1.165, 1.54) is 0 Å². The second kappa shape index (κ2) is 10.3. The summed E-state index contributed by atoms with van der Waals surface area (Å²) in [7, 11) is 0. The Bertz CT molecular complexity index is 1330. The Hall–Kier alpha value is -3.76. The number of aromatic hydroxyl groups is 2. The first-order chi connectivity index (χ1) is 17.5. The van der Waals surface area contributed by atoms with Gasteiger partial charge in [0.2, 0.25) is 11.7 Å². The lowest BCUT2D eigenvalue weighted by molar-refractivity contribution is -0.138. The van der Waals surface area contributed by atoms with Gasteiger partial charge in [0.05, 0.1) is 17.8 Å². The summed E-state index contributed by atoms with van der Waals surface area (Å²) in [6.45, 7) is 8.90. The highest BCUT2D eigenvalue weighted by molar-refractivity contribution is 5.69. The molecule has 10 heteroatoms. The Morgan fingerprint density at radius 1 is 1.11 bits per heavy atom. The number of aromatic nitrogens is 2. The summed E-state index contributed by atoms with van der Waals surface area (Å²) in [5.41, 5.74) is 9.41. The minimum absolute atomic E-state index is 0.00136. The molecule has 5 N–H and O–H groups in total. The Balaban J connectivity index is 1.63. The van der Waals surface area contributed by atoms with Gasteiger partial charge in [-0.05, 0) is 94.4 Å². The monoisotopic (exact) mass is 506 g/mol. The number of phenols is 1. The number of para-hydroxylation sites is 1. The molecule has 0 aliphatic carbocycles. The van der Waals surface area contributed by atoms with E-state index in [0.29, 0.717) is 24.6 Å². The molecular weight excluding hydrogens is 472 g/mol. The lowest BCUT2D eigenvalue weighted by Crippen LogP contribution is -2.36. The van der Waals surface area contributed by atoms with Gasteiger partial charge < -0.3 is 21.1 Å². The SMILES string of the molecule is Cc1ccc(-n2c(C(C)(C)N)nc(N=Nc3cccc(C4CCN(CC(=O)O)CC4)c3O)c2O)cc1C. The number of aryl methyl sites for hydroxylation is 2. The molecule has 10 nitrogen and oxygen atoms in total. The summed E-state index contributed by atoms with van der Waals surface area (Å²) in [6.07, 6.45) is 1.47. The maximum absolute atomic E-state index is 11.1. The molecule has 1 aromatic heterocycles. The van der Waals surface area contributed by atoms with Crippen LogP contribution in [0.4, 0.5) is 11.5 Å². The minimum atomic E-state index is -0.873. The zero-order valence-electron chi connectivity index (χ0n) is 21.6. The number of imidazole rings is 1. The van der Waals surface area contributed by atoms with Crippen molar-refractivity contribution < 1.29 is 20.1 Å². The molecular formula is C27H34N6O4. The molecule has 0 amide bonds. The third-order valence-corrected chi connectivity index (χ3v) is 6.85. The molecule has 1 aliphatic rings. The molecule has 0 spiro atoms. The number of likely N-dealkylation sites (tertiary alicyclic amines) is 1. The molecule has 2 heterocycles. The molecule has 0 unspecified atom stereocenters. The average molecular weight is 507 g/mol. The highest BCUT2D eigenvalue weighted by Gasteiger charge is 2.28. The van der Waals surface area contributed by atoms with Gasteiger partial charge in [-0.15, -0.1) is 10.2 Å². The molecule has 3 aromatic rings. The number of hydrogen-bond donors (Lipinski definition) is 4. The number of benzene rings is 2. The number of carboxylic acids is 1. The quantitative estimate of drug-likeness (QED) is 0.337. The van der Waals surface area contributed by atoms with Crippen molar-refractivity contribution in [2.75, 3.05) is 19.6 Å². The summed E-state index contributed by atoms with van der Waals surface area (Å²) in [5.74, 6) is -0.500. The normalized spacial score (nSPS) is 15.5. The van der Waals surface area contributed by atoms with E-state index in [4.69, 9.17) is 10.8 Å². The number of hydrogen-bond acceptors (Lipinski definition) is 8. The van der Waals surface area contributed by atoms with E-state index in [-0.39, 0.29) is 35.6 Å². The smallest absolute Gasteiger partial charge is 0.317 e. The molecule has 0 radical (unpaired) electrons. The van der Waals surface area contributed by atoms with Crippen LogP contribution < -0.4 is 5.73 Å². The number of piperidine rings is 1. The van der Waals surface area contributed by atoms with Crippen LogP contribution in [0.3, 0.4) is 0 Å². The van der Waals surface area contributed by atoms with E-state index < -0.39 is 11.5 Å². The second-order valence-corrected chi connectivity index (χ2v) is 10.3. The first-order valence-corrected chi connectivity index (χ1v) is 12.3. The minimum Gasteiger partial charge on any atom is -0.505 e. The Morgan fingerprint density at radius 3 is 2.43 bits per heavy atom. The third kappa shape index (κ3) is 5.65. The third-order valence-electron chi connectivity index (χ3n) is 6.85. The molecule has 0 atom stereocenters. The van der Waals surface area contributed by atoms with Crippen LogP contribution in [0.2, 0.25) is 0 Å². The van der Waals surface area contributed by atoms with Crippen molar-refractivity contribution in [3.05, 3.63) is 58.9 Å². The predicted octanol–water partition coefficient (Wildman–Crippen LogP) is 4.77. The number of aliphatic carboxylic acids is 1. The van der Waals surface area contributed by atoms with Crippen LogP contribution in [0.1, 0.15) is 55.1 Å². The first-order valence-electron chi connectivity index (χ1n) is 12.3. The lowest BCUT2D eigenvalue weighted by Gasteiger charge is -2.31. The maximum atomic E-state index is 11.1. The summed E-state index contributed by atoms with van der Waals surface area (Å²) < 4.78 is 1.57. The molecule has 0 saturated carbocycles. The summed E-state index contributed by atoms with van der Waals surface area (Å²) >= 11 is 0. The molecule has 4 rings (SSSR count). The van der Waals surface area contributed by atoms with Crippen LogP contribution in [0.5, 0.6) is 11.6 Å². The fourth-order valence-corrected chi connectivity index (χ4v) is 4.66. The number of nitrogens with zero attached hydrogens (tertiary/aromatic N) is 5. The van der Waals surface area contributed by atoms with Crippen molar-refractivity contribution in [3.8, 4) is 17.3 Å². The topological polar surface area (TPSA) is 150 Å². The Kier molecular flexibility index (Phi) is 7.33. The van der Waals surface area contributed by atoms with E-state index >= 15 is 0 Å². The van der Waals surface area contributed by atoms with Gasteiger partial charge in [-0.1, -0.05) is 18.2 Å². The van der Waals surface area contributed by atoms with E-state index in [1.807, 2.05) is 43.0 Å². The van der Waals surface area contributed by atoms with Crippen molar-refractivity contribution in [1.82, 2.24) is 14.5 Å². The van der Waals surface area contributed by atoms with Gasteiger partial charge in [-0.3, -0.25) is 14.3 Å². The van der Waals surface area contributed by atoms with Crippen LogP contribution in [-0.4, -0.2) is 55.4 Å². The molecule has 37 heavy (non-hydrogen) atoms. The van der Waals surface area contributed by atoms with Crippen LogP contribution in [0.25, 0.3) is 5.69 Å². The van der Waals surface area contributed by atoms with Gasteiger partial charge >= 0.3 is 5.97 Å². The molecule has 2 aromatic carbocycles. The number of carboxylic acid groups (broad SMARTS) is 1. The standard InChI is InChI=1S/C27H34N6O4/c1-16-8-9-19(14-17(16)2)33-25(37)24(29-26(33)27(3,4)28)31-30-21-7-5-6-20(23(21)36)18-10-12-32(13-11-18)15-22(34)35/h5-9,14,18,36-37H,10-13,15,28H2,1-4H3,(H,34,35). The van der Waals surface area contributed by atoms with Gasteiger partial charge in [0, 0.05) is 0 Å². The maximum Gasteiger partial charge on any atom is 0.317 e. The fraction of sp³-hybridized carbons (Fsp3) is 0.407. The number of azo groups is 1.